The zero-order chi connectivity index (χ0) is 13.3. The van der Waals surface area contributed by atoms with Crippen LogP contribution in [0.5, 0.6) is 0 Å². The molecule has 6 nitrogen and oxygen atoms in total. The molecule has 18 heavy (non-hydrogen) atoms. The SMILES string of the molecule is CCn1cc(Cl)c(C(=O)Nc2c(C)noc2C)n1. The van der Waals surface area contributed by atoms with Crippen molar-refractivity contribution >= 4 is 23.2 Å². The minimum Gasteiger partial charge on any atom is -0.359 e. The van der Waals surface area contributed by atoms with Crippen LogP contribution in [-0.2, 0) is 6.54 Å². The molecule has 2 rings (SSSR count). The Morgan fingerprint density at radius 2 is 2.28 bits per heavy atom. The number of aryl methyl sites for hydroxylation is 3. The van der Waals surface area contributed by atoms with Crippen LogP contribution in [0.15, 0.2) is 10.7 Å². The molecule has 1 amide bonds. The number of nitrogens with one attached hydrogen (secondary N) is 1. The molecular formula is C11H13ClN4O2. The van der Waals surface area contributed by atoms with Gasteiger partial charge in [-0.1, -0.05) is 16.8 Å². The minimum atomic E-state index is -0.374. The quantitative estimate of drug-likeness (QED) is 0.928. The lowest BCUT2D eigenvalue weighted by Gasteiger charge is -2.01. The van der Waals surface area contributed by atoms with Crippen molar-refractivity contribution < 1.29 is 9.32 Å². The maximum absolute atomic E-state index is 12.0. The normalized spacial score (nSPS) is 10.7. The molecule has 0 saturated carbocycles. The second-order valence-electron chi connectivity index (χ2n) is 3.83. The van der Waals surface area contributed by atoms with E-state index in [4.69, 9.17) is 16.1 Å². The number of rotatable bonds is 3. The van der Waals surface area contributed by atoms with Gasteiger partial charge in [0.1, 0.15) is 11.4 Å². The van der Waals surface area contributed by atoms with Crippen LogP contribution in [-0.4, -0.2) is 20.8 Å². The Morgan fingerprint density at radius 3 is 2.78 bits per heavy atom. The molecule has 0 unspecified atom stereocenters. The zero-order valence-corrected chi connectivity index (χ0v) is 11.1. The molecule has 0 radical (unpaired) electrons. The lowest BCUT2D eigenvalue weighted by molar-refractivity contribution is 0.102. The second kappa shape index (κ2) is 4.81. The van der Waals surface area contributed by atoms with Gasteiger partial charge in [0.25, 0.3) is 5.91 Å². The molecule has 0 fully saturated rings. The number of nitrogens with zero attached hydrogens (tertiary/aromatic N) is 3. The first-order valence-electron chi connectivity index (χ1n) is 5.50. The van der Waals surface area contributed by atoms with Crippen LogP contribution in [0.1, 0.15) is 28.9 Å². The van der Waals surface area contributed by atoms with Crippen LogP contribution in [0.4, 0.5) is 5.69 Å². The van der Waals surface area contributed by atoms with Crippen LogP contribution < -0.4 is 5.32 Å². The maximum atomic E-state index is 12.0. The largest absolute Gasteiger partial charge is 0.359 e. The van der Waals surface area contributed by atoms with Crippen molar-refractivity contribution in [3.63, 3.8) is 0 Å². The van der Waals surface area contributed by atoms with Crippen LogP contribution in [0, 0.1) is 13.8 Å². The second-order valence-corrected chi connectivity index (χ2v) is 4.24. The topological polar surface area (TPSA) is 73.0 Å². The van der Waals surface area contributed by atoms with Gasteiger partial charge in [-0.05, 0) is 20.8 Å². The highest BCUT2D eigenvalue weighted by molar-refractivity contribution is 6.34. The minimum absolute atomic E-state index is 0.193. The van der Waals surface area contributed by atoms with Gasteiger partial charge in [0, 0.05) is 12.7 Å². The Kier molecular flexibility index (Phi) is 3.38. The number of aromatic nitrogens is 3. The number of carbonyl (C=O) groups is 1. The number of hydrogen-bond acceptors (Lipinski definition) is 4. The van der Waals surface area contributed by atoms with Gasteiger partial charge in [-0.3, -0.25) is 9.48 Å². The molecule has 2 aromatic rings. The molecule has 96 valence electrons. The van der Waals surface area contributed by atoms with Crippen molar-refractivity contribution in [1.82, 2.24) is 14.9 Å². The Morgan fingerprint density at radius 1 is 1.56 bits per heavy atom. The van der Waals surface area contributed by atoms with Gasteiger partial charge in [0.05, 0.1) is 5.02 Å². The summed E-state index contributed by atoms with van der Waals surface area (Å²) >= 11 is 5.96. The number of halogens is 1. The molecule has 0 aliphatic rings. The highest BCUT2D eigenvalue weighted by Crippen LogP contribution is 2.21. The third-order valence-electron chi connectivity index (χ3n) is 2.53. The smallest absolute Gasteiger partial charge is 0.277 e. The Bertz CT molecular complexity index is 568. The molecule has 7 heteroatoms. The van der Waals surface area contributed by atoms with E-state index < -0.39 is 0 Å². The first-order valence-corrected chi connectivity index (χ1v) is 5.88. The Balaban J connectivity index is 2.24. The molecule has 0 atom stereocenters. The molecule has 2 aromatic heterocycles. The molecule has 0 spiro atoms. The van der Waals surface area contributed by atoms with Crippen molar-refractivity contribution in [3.05, 3.63) is 28.4 Å². The third kappa shape index (κ3) is 2.24. The van der Waals surface area contributed by atoms with Crippen molar-refractivity contribution in [2.24, 2.45) is 0 Å². The van der Waals surface area contributed by atoms with E-state index in [-0.39, 0.29) is 11.6 Å². The van der Waals surface area contributed by atoms with Crippen molar-refractivity contribution in [2.75, 3.05) is 5.32 Å². The molecule has 0 aromatic carbocycles. The highest BCUT2D eigenvalue weighted by Gasteiger charge is 2.18. The monoisotopic (exact) mass is 268 g/mol. The number of hydrogen-bond donors (Lipinski definition) is 1. The van der Waals surface area contributed by atoms with E-state index in [1.807, 2.05) is 6.92 Å². The van der Waals surface area contributed by atoms with E-state index in [1.54, 1.807) is 24.7 Å². The van der Waals surface area contributed by atoms with Crippen LogP contribution in [0.25, 0.3) is 0 Å². The first-order chi connectivity index (χ1) is 8.52. The molecule has 0 saturated heterocycles. The van der Waals surface area contributed by atoms with Crippen LogP contribution in [0.3, 0.4) is 0 Å². The van der Waals surface area contributed by atoms with E-state index in [0.717, 1.165) is 0 Å². The molecule has 2 heterocycles. The summed E-state index contributed by atoms with van der Waals surface area (Å²) in [5.41, 5.74) is 1.37. The number of amides is 1. The molecule has 1 N–H and O–H groups in total. The van der Waals surface area contributed by atoms with Gasteiger partial charge < -0.3 is 9.84 Å². The van der Waals surface area contributed by atoms with E-state index in [9.17, 15) is 4.79 Å². The summed E-state index contributed by atoms with van der Waals surface area (Å²) < 4.78 is 6.57. The Labute approximate surface area is 109 Å². The predicted molar refractivity (Wildman–Crippen MR) is 66.8 cm³/mol. The average Bonchev–Trinajstić information content (AvgIpc) is 2.86. The lowest BCUT2D eigenvalue weighted by Crippen LogP contribution is -2.14. The zero-order valence-electron chi connectivity index (χ0n) is 10.3. The molecule has 0 aliphatic carbocycles. The fraction of sp³-hybridized carbons (Fsp3) is 0.364. The summed E-state index contributed by atoms with van der Waals surface area (Å²) in [4.78, 5) is 12.0. The number of carbonyl (C=O) groups excluding carboxylic acids is 1. The van der Waals surface area contributed by atoms with Gasteiger partial charge in [-0.2, -0.15) is 5.10 Å². The molecular weight excluding hydrogens is 256 g/mol. The molecule has 0 bridgehead atoms. The average molecular weight is 269 g/mol. The fourth-order valence-electron chi connectivity index (χ4n) is 1.55. The fourth-order valence-corrected chi connectivity index (χ4v) is 1.78. The van der Waals surface area contributed by atoms with Crippen LogP contribution in [0.2, 0.25) is 5.02 Å². The summed E-state index contributed by atoms with van der Waals surface area (Å²) in [7, 11) is 0. The summed E-state index contributed by atoms with van der Waals surface area (Å²) in [6, 6.07) is 0. The Hall–Kier alpha value is -1.82. The maximum Gasteiger partial charge on any atom is 0.277 e. The number of anilines is 1. The van der Waals surface area contributed by atoms with Crippen molar-refractivity contribution in [1.29, 1.82) is 0 Å². The first kappa shape index (κ1) is 12.6. The summed E-state index contributed by atoms with van der Waals surface area (Å²) in [5.74, 6) is 0.175. The van der Waals surface area contributed by atoms with Crippen molar-refractivity contribution in [2.45, 2.75) is 27.3 Å². The summed E-state index contributed by atoms with van der Waals surface area (Å²) in [5, 5.41) is 10.9. The van der Waals surface area contributed by atoms with E-state index in [0.29, 0.717) is 28.7 Å². The molecule has 0 aliphatic heterocycles. The third-order valence-corrected chi connectivity index (χ3v) is 2.80. The summed E-state index contributed by atoms with van der Waals surface area (Å²) in [6.45, 7) is 6.04. The van der Waals surface area contributed by atoms with Gasteiger partial charge in [-0.15, -0.1) is 0 Å². The lowest BCUT2D eigenvalue weighted by atomic mass is 10.3. The van der Waals surface area contributed by atoms with Gasteiger partial charge in [0.15, 0.2) is 11.5 Å². The highest BCUT2D eigenvalue weighted by atomic mass is 35.5. The predicted octanol–water partition coefficient (Wildman–Crippen LogP) is 2.41. The van der Waals surface area contributed by atoms with Crippen molar-refractivity contribution in [3.8, 4) is 0 Å². The van der Waals surface area contributed by atoms with Crippen LogP contribution >= 0.6 is 11.6 Å². The van der Waals surface area contributed by atoms with E-state index in [2.05, 4.69) is 15.6 Å². The summed E-state index contributed by atoms with van der Waals surface area (Å²) in [6.07, 6.45) is 1.61. The van der Waals surface area contributed by atoms with Gasteiger partial charge in [-0.25, -0.2) is 0 Å². The van der Waals surface area contributed by atoms with E-state index in [1.165, 1.54) is 0 Å². The van der Waals surface area contributed by atoms with E-state index >= 15 is 0 Å². The van der Waals surface area contributed by atoms with Gasteiger partial charge >= 0.3 is 0 Å². The van der Waals surface area contributed by atoms with Gasteiger partial charge in [0.2, 0.25) is 0 Å². The standard InChI is InChI=1S/C11H13ClN4O2/c1-4-16-5-8(12)10(14-16)11(17)13-9-6(2)15-18-7(9)3/h5H,4H2,1-3H3,(H,13,17).